The molecule has 4 nitrogen and oxygen atoms in total. The molecule has 3 aromatic heterocycles. The first kappa shape index (κ1) is 15.9. The second-order valence-electron chi connectivity index (χ2n) is 5.92. The van der Waals surface area contributed by atoms with Crippen LogP contribution in [0.25, 0.3) is 9.88 Å². The molecule has 1 aliphatic carbocycles. The molecule has 3 aromatic rings. The number of aromatic nitrogens is 2. The first-order chi connectivity index (χ1) is 11.7. The largest absolute Gasteiger partial charge is 0.296 e. The Morgan fingerprint density at radius 1 is 1.38 bits per heavy atom. The molecule has 0 saturated heterocycles. The Morgan fingerprint density at radius 2 is 2.29 bits per heavy atom. The van der Waals surface area contributed by atoms with Gasteiger partial charge in [0, 0.05) is 4.88 Å². The van der Waals surface area contributed by atoms with Crippen molar-refractivity contribution in [3.63, 3.8) is 0 Å². The summed E-state index contributed by atoms with van der Waals surface area (Å²) in [5.41, 5.74) is 1.36. The summed E-state index contributed by atoms with van der Waals surface area (Å²) in [5, 5.41) is 14.6. The van der Waals surface area contributed by atoms with Crippen LogP contribution in [-0.4, -0.2) is 16.1 Å². The zero-order valence-corrected chi connectivity index (χ0v) is 15.7. The smallest absolute Gasteiger partial charge is 0.267 e. The molecule has 0 fully saturated rings. The Balaban J connectivity index is 1.48. The summed E-state index contributed by atoms with van der Waals surface area (Å²) in [6.45, 7) is 2.25. The molecular formula is C17H17N3OS3. The van der Waals surface area contributed by atoms with E-state index >= 15 is 0 Å². The van der Waals surface area contributed by atoms with Crippen molar-refractivity contribution in [3.05, 3.63) is 38.9 Å². The lowest BCUT2D eigenvalue weighted by molar-refractivity contribution is 0.103. The Labute approximate surface area is 152 Å². The van der Waals surface area contributed by atoms with Crippen molar-refractivity contribution in [3.8, 4) is 9.88 Å². The van der Waals surface area contributed by atoms with Gasteiger partial charge < -0.3 is 0 Å². The van der Waals surface area contributed by atoms with Gasteiger partial charge in [-0.25, -0.2) is 0 Å². The highest BCUT2D eigenvalue weighted by atomic mass is 32.1. The quantitative estimate of drug-likeness (QED) is 0.690. The van der Waals surface area contributed by atoms with E-state index < -0.39 is 0 Å². The molecule has 0 aromatic carbocycles. The summed E-state index contributed by atoms with van der Waals surface area (Å²) in [5.74, 6) is 0.691. The molecule has 0 aliphatic heterocycles. The predicted molar refractivity (Wildman–Crippen MR) is 101 cm³/mol. The fourth-order valence-electron chi connectivity index (χ4n) is 2.99. The van der Waals surface area contributed by atoms with E-state index in [-0.39, 0.29) is 5.91 Å². The van der Waals surface area contributed by atoms with Crippen molar-refractivity contribution in [1.29, 1.82) is 0 Å². The lowest BCUT2D eigenvalue weighted by Crippen LogP contribution is -2.11. The summed E-state index contributed by atoms with van der Waals surface area (Å²) in [7, 11) is 0. The summed E-state index contributed by atoms with van der Waals surface area (Å²) in [6, 6.07) is 6.06. The highest BCUT2D eigenvalue weighted by Crippen LogP contribution is 2.34. The van der Waals surface area contributed by atoms with Crippen LogP contribution in [-0.2, 0) is 12.8 Å². The van der Waals surface area contributed by atoms with Gasteiger partial charge in [0.05, 0.1) is 9.75 Å². The second kappa shape index (κ2) is 6.74. The van der Waals surface area contributed by atoms with E-state index in [1.165, 1.54) is 34.6 Å². The summed E-state index contributed by atoms with van der Waals surface area (Å²) in [4.78, 5) is 15.8. The number of thiophene rings is 2. The molecule has 3 heterocycles. The minimum atomic E-state index is -0.0728. The molecule has 4 rings (SSSR count). The Hall–Kier alpha value is -1.57. The highest BCUT2D eigenvalue weighted by molar-refractivity contribution is 7.23. The minimum Gasteiger partial charge on any atom is -0.296 e. The van der Waals surface area contributed by atoms with E-state index in [2.05, 4.69) is 28.5 Å². The number of carbonyl (C=O) groups is 1. The maximum Gasteiger partial charge on any atom is 0.267 e. The fraction of sp³-hybridized carbons (Fsp3) is 0.353. The summed E-state index contributed by atoms with van der Waals surface area (Å²) in [6.07, 6.45) is 4.67. The first-order valence-corrected chi connectivity index (χ1v) is 10.5. The average molecular weight is 376 g/mol. The Bertz CT molecular complexity index is 850. The van der Waals surface area contributed by atoms with Gasteiger partial charge in [0.25, 0.3) is 5.91 Å². The maximum atomic E-state index is 12.5. The molecule has 0 bridgehead atoms. The summed E-state index contributed by atoms with van der Waals surface area (Å²) >= 11 is 4.66. The second-order valence-corrected chi connectivity index (χ2v) is 8.98. The Morgan fingerprint density at radius 3 is 3.08 bits per heavy atom. The highest BCUT2D eigenvalue weighted by Gasteiger charge is 2.22. The number of hydrogen-bond donors (Lipinski definition) is 1. The number of amides is 1. The molecule has 24 heavy (non-hydrogen) atoms. The number of rotatable bonds is 4. The molecule has 1 unspecified atom stereocenters. The molecule has 7 heteroatoms. The van der Waals surface area contributed by atoms with Crippen LogP contribution in [0.3, 0.4) is 0 Å². The average Bonchev–Trinajstić information content (AvgIpc) is 3.33. The number of anilines is 1. The van der Waals surface area contributed by atoms with Crippen LogP contribution < -0.4 is 5.32 Å². The third-order valence-electron chi connectivity index (χ3n) is 4.36. The van der Waals surface area contributed by atoms with Gasteiger partial charge in [0.1, 0.15) is 0 Å². The van der Waals surface area contributed by atoms with Gasteiger partial charge in [0.2, 0.25) is 5.13 Å². The summed E-state index contributed by atoms with van der Waals surface area (Å²) < 4.78 is 0. The van der Waals surface area contributed by atoms with Crippen LogP contribution in [0.4, 0.5) is 5.13 Å². The van der Waals surface area contributed by atoms with E-state index in [0.29, 0.717) is 5.13 Å². The van der Waals surface area contributed by atoms with Crippen molar-refractivity contribution in [1.82, 2.24) is 10.2 Å². The number of hydrogen-bond acceptors (Lipinski definition) is 6. The zero-order valence-electron chi connectivity index (χ0n) is 13.2. The zero-order chi connectivity index (χ0) is 16.5. The van der Waals surface area contributed by atoms with Crippen LogP contribution >= 0.6 is 34.0 Å². The van der Waals surface area contributed by atoms with Crippen molar-refractivity contribution in [2.45, 2.75) is 32.6 Å². The molecule has 1 amide bonds. The third kappa shape index (κ3) is 3.16. The maximum absolute atomic E-state index is 12.5. The van der Waals surface area contributed by atoms with Gasteiger partial charge in [-0.15, -0.1) is 32.9 Å². The molecule has 1 N–H and O–H groups in total. The standard InChI is InChI=1S/C17H17N3OS3/c1-2-10-5-6-12-11(8-10)9-14(23-12)15(21)18-17-20-19-16(24-17)13-4-3-7-22-13/h3-4,7,9-10H,2,5-6,8H2,1H3,(H,18,20,21). The molecular weight excluding hydrogens is 358 g/mol. The normalized spacial score (nSPS) is 16.8. The minimum absolute atomic E-state index is 0.0728. The van der Waals surface area contributed by atoms with Crippen LogP contribution in [0.5, 0.6) is 0 Å². The molecule has 1 atom stereocenters. The molecule has 124 valence electrons. The van der Waals surface area contributed by atoms with Crippen molar-refractivity contribution in [2.24, 2.45) is 5.92 Å². The van der Waals surface area contributed by atoms with Crippen molar-refractivity contribution < 1.29 is 4.79 Å². The van der Waals surface area contributed by atoms with Crippen LogP contribution in [0, 0.1) is 5.92 Å². The first-order valence-electron chi connectivity index (χ1n) is 8.03. The molecule has 1 aliphatic rings. The van der Waals surface area contributed by atoms with Crippen molar-refractivity contribution >= 4 is 45.0 Å². The van der Waals surface area contributed by atoms with Gasteiger partial charge in [-0.1, -0.05) is 30.7 Å². The lowest BCUT2D eigenvalue weighted by Gasteiger charge is -2.19. The number of aryl methyl sites for hydroxylation is 1. The van der Waals surface area contributed by atoms with Gasteiger partial charge >= 0.3 is 0 Å². The Kier molecular flexibility index (Phi) is 4.47. The number of nitrogens with zero attached hydrogens (tertiary/aromatic N) is 2. The predicted octanol–water partition coefficient (Wildman–Crippen LogP) is 5.10. The van der Waals surface area contributed by atoms with E-state index in [4.69, 9.17) is 0 Å². The number of nitrogens with one attached hydrogen (secondary N) is 1. The van der Waals surface area contributed by atoms with Gasteiger partial charge in [-0.3, -0.25) is 10.1 Å². The van der Waals surface area contributed by atoms with E-state index in [0.717, 1.165) is 33.5 Å². The van der Waals surface area contributed by atoms with Gasteiger partial charge in [-0.05, 0) is 48.3 Å². The third-order valence-corrected chi connectivity index (χ3v) is 7.48. The van der Waals surface area contributed by atoms with Crippen LogP contribution in [0.1, 0.15) is 39.9 Å². The molecule has 0 radical (unpaired) electrons. The van der Waals surface area contributed by atoms with Crippen LogP contribution in [0.2, 0.25) is 0 Å². The number of carbonyl (C=O) groups excluding carboxylic acids is 1. The lowest BCUT2D eigenvalue weighted by atomic mass is 9.87. The van der Waals surface area contributed by atoms with E-state index in [1.807, 2.05) is 17.5 Å². The fourth-order valence-corrected chi connectivity index (χ4v) is 5.63. The van der Waals surface area contributed by atoms with Gasteiger partial charge in [-0.2, -0.15) is 0 Å². The SMILES string of the molecule is CCC1CCc2sc(C(=O)Nc3nnc(-c4cccs4)s3)cc2C1. The monoisotopic (exact) mass is 375 g/mol. The van der Waals surface area contributed by atoms with E-state index in [9.17, 15) is 4.79 Å². The van der Waals surface area contributed by atoms with Gasteiger partial charge in [0.15, 0.2) is 5.01 Å². The molecule has 0 spiro atoms. The van der Waals surface area contributed by atoms with E-state index in [1.54, 1.807) is 22.7 Å². The molecule has 0 saturated carbocycles. The number of fused-ring (bicyclic) bond motifs is 1. The van der Waals surface area contributed by atoms with Crippen molar-refractivity contribution in [2.75, 3.05) is 5.32 Å². The van der Waals surface area contributed by atoms with Crippen LogP contribution in [0.15, 0.2) is 23.6 Å². The topological polar surface area (TPSA) is 54.9 Å².